The number of nitrogens with one attached hydrogen (secondary N) is 2. The smallest absolute Gasteiger partial charge is 0.125 e. The van der Waals surface area contributed by atoms with Gasteiger partial charge < -0.3 is 10.1 Å². The standard InChI is InChI=1S/C15H14Cl2N2O/c1-20-14-5-3-2-4-11(14)9-19-15(18)10-6-7-12(16)13(17)8-10/h2-8H,9H2,1H3,(H2,18,19). The van der Waals surface area contributed by atoms with Crippen LogP contribution in [0.3, 0.4) is 0 Å². The highest BCUT2D eigenvalue weighted by Crippen LogP contribution is 2.22. The van der Waals surface area contributed by atoms with Gasteiger partial charge in [-0.15, -0.1) is 0 Å². The minimum Gasteiger partial charge on any atom is -0.496 e. The molecule has 0 atom stereocenters. The van der Waals surface area contributed by atoms with Gasteiger partial charge in [-0.3, -0.25) is 5.41 Å². The quantitative estimate of drug-likeness (QED) is 0.659. The summed E-state index contributed by atoms with van der Waals surface area (Å²) >= 11 is 11.8. The van der Waals surface area contributed by atoms with Crippen LogP contribution in [-0.2, 0) is 6.54 Å². The number of methoxy groups -OCH3 is 1. The third kappa shape index (κ3) is 3.44. The Morgan fingerprint density at radius 1 is 1.15 bits per heavy atom. The lowest BCUT2D eigenvalue weighted by atomic mass is 10.1. The van der Waals surface area contributed by atoms with Crippen molar-refractivity contribution in [2.45, 2.75) is 6.54 Å². The van der Waals surface area contributed by atoms with Crippen LogP contribution in [0.25, 0.3) is 0 Å². The molecule has 2 rings (SSSR count). The lowest BCUT2D eigenvalue weighted by Crippen LogP contribution is -2.23. The van der Waals surface area contributed by atoms with Gasteiger partial charge in [0.15, 0.2) is 0 Å². The zero-order chi connectivity index (χ0) is 14.5. The van der Waals surface area contributed by atoms with Crippen LogP contribution in [0.4, 0.5) is 0 Å². The monoisotopic (exact) mass is 308 g/mol. The fraction of sp³-hybridized carbons (Fsp3) is 0.133. The highest BCUT2D eigenvalue weighted by atomic mass is 35.5. The number of hydrogen-bond acceptors (Lipinski definition) is 2. The topological polar surface area (TPSA) is 45.1 Å². The largest absolute Gasteiger partial charge is 0.496 e. The summed E-state index contributed by atoms with van der Waals surface area (Å²) in [5, 5.41) is 12.0. The van der Waals surface area contributed by atoms with Crippen LogP contribution in [-0.4, -0.2) is 12.9 Å². The second-order valence-electron chi connectivity index (χ2n) is 4.17. The zero-order valence-electron chi connectivity index (χ0n) is 10.9. The van der Waals surface area contributed by atoms with Crippen LogP contribution in [0.15, 0.2) is 42.5 Å². The molecule has 0 aliphatic heterocycles. The first-order chi connectivity index (χ1) is 9.61. The maximum absolute atomic E-state index is 8.02. The van der Waals surface area contributed by atoms with E-state index in [4.69, 9.17) is 33.3 Å². The van der Waals surface area contributed by atoms with Crippen LogP contribution < -0.4 is 10.1 Å². The van der Waals surface area contributed by atoms with Crippen molar-refractivity contribution in [1.82, 2.24) is 5.32 Å². The molecule has 0 spiro atoms. The van der Waals surface area contributed by atoms with E-state index in [9.17, 15) is 0 Å². The predicted octanol–water partition coefficient (Wildman–Crippen LogP) is 4.12. The number of rotatable bonds is 4. The first kappa shape index (κ1) is 14.7. The highest BCUT2D eigenvalue weighted by molar-refractivity contribution is 6.42. The molecule has 2 aromatic carbocycles. The molecule has 0 saturated carbocycles. The van der Waals surface area contributed by atoms with E-state index >= 15 is 0 Å². The maximum atomic E-state index is 8.02. The molecular weight excluding hydrogens is 295 g/mol. The van der Waals surface area contributed by atoms with Crippen molar-refractivity contribution >= 4 is 29.0 Å². The molecule has 0 aliphatic carbocycles. The molecular formula is C15H14Cl2N2O. The Bertz CT molecular complexity index is 629. The molecule has 5 heteroatoms. The summed E-state index contributed by atoms with van der Waals surface area (Å²) < 4.78 is 5.27. The molecule has 0 heterocycles. The lowest BCUT2D eigenvalue weighted by molar-refractivity contribution is 0.409. The highest BCUT2D eigenvalue weighted by Gasteiger charge is 2.06. The van der Waals surface area contributed by atoms with Gasteiger partial charge in [0.2, 0.25) is 0 Å². The normalized spacial score (nSPS) is 10.2. The average molecular weight is 309 g/mol. The van der Waals surface area contributed by atoms with E-state index < -0.39 is 0 Å². The lowest BCUT2D eigenvalue weighted by Gasteiger charge is -2.11. The van der Waals surface area contributed by atoms with Gasteiger partial charge in [0.25, 0.3) is 0 Å². The number of hydrogen-bond donors (Lipinski definition) is 2. The van der Waals surface area contributed by atoms with Crippen LogP contribution in [0.1, 0.15) is 11.1 Å². The molecule has 0 aromatic heterocycles. The third-order valence-electron chi connectivity index (χ3n) is 2.86. The predicted molar refractivity (Wildman–Crippen MR) is 83.1 cm³/mol. The Kier molecular flexibility index (Phi) is 4.88. The summed E-state index contributed by atoms with van der Waals surface area (Å²) in [7, 11) is 1.63. The van der Waals surface area contributed by atoms with Gasteiger partial charge >= 0.3 is 0 Å². The summed E-state index contributed by atoms with van der Waals surface area (Å²) in [6, 6.07) is 12.8. The Labute approximate surface area is 128 Å². The average Bonchev–Trinajstić information content (AvgIpc) is 2.47. The molecule has 0 amide bonds. The molecule has 2 aromatic rings. The summed E-state index contributed by atoms with van der Waals surface area (Å²) in [6.07, 6.45) is 0. The van der Waals surface area contributed by atoms with Crippen molar-refractivity contribution in [3.8, 4) is 5.75 Å². The second kappa shape index (κ2) is 6.64. The van der Waals surface area contributed by atoms with E-state index in [1.807, 2.05) is 24.3 Å². The van der Waals surface area contributed by atoms with Crippen molar-refractivity contribution in [2.24, 2.45) is 0 Å². The molecule has 0 bridgehead atoms. The van der Waals surface area contributed by atoms with E-state index in [1.165, 1.54) is 0 Å². The van der Waals surface area contributed by atoms with Crippen molar-refractivity contribution in [2.75, 3.05) is 7.11 Å². The summed E-state index contributed by atoms with van der Waals surface area (Å²) in [4.78, 5) is 0. The van der Waals surface area contributed by atoms with E-state index in [-0.39, 0.29) is 5.84 Å². The number of halogens is 2. The Morgan fingerprint density at radius 3 is 2.60 bits per heavy atom. The van der Waals surface area contributed by atoms with Gasteiger partial charge in [-0.05, 0) is 24.3 Å². The Balaban J connectivity index is 2.06. The van der Waals surface area contributed by atoms with Crippen LogP contribution in [0.5, 0.6) is 5.75 Å². The summed E-state index contributed by atoms with van der Waals surface area (Å²) in [6.45, 7) is 0.503. The van der Waals surface area contributed by atoms with E-state index in [0.29, 0.717) is 22.2 Å². The number of para-hydroxylation sites is 1. The molecule has 2 N–H and O–H groups in total. The van der Waals surface area contributed by atoms with E-state index in [1.54, 1.807) is 25.3 Å². The molecule has 0 unspecified atom stereocenters. The van der Waals surface area contributed by atoms with Crippen molar-refractivity contribution < 1.29 is 4.74 Å². The Hall–Kier alpha value is -1.71. The minimum absolute atomic E-state index is 0.287. The fourth-order valence-corrected chi connectivity index (χ4v) is 2.08. The van der Waals surface area contributed by atoms with Gasteiger partial charge in [0.05, 0.1) is 17.2 Å². The first-order valence-electron chi connectivity index (χ1n) is 6.01. The number of benzene rings is 2. The van der Waals surface area contributed by atoms with Crippen molar-refractivity contribution in [3.63, 3.8) is 0 Å². The minimum atomic E-state index is 0.287. The van der Waals surface area contributed by atoms with Gasteiger partial charge in [0.1, 0.15) is 11.6 Å². The molecule has 0 saturated heterocycles. The van der Waals surface area contributed by atoms with Gasteiger partial charge in [-0.2, -0.15) is 0 Å². The molecule has 20 heavy (non-hydrogen) atoms. The van der Waals surface area contributed by atoms with Crippen LogP contribution >= 0.6 is 23.2 Å². The summed E-state index contributed by atoms with van der Waals surface area (Å²) in [5.41, 5.74) is 1.68. The van der Waals surface area contributed by atoms with Crippen molar-refractivity contribution in [1.29, 1.82) is 5.41 Å². The Morgan fingerprint density at radius 2 is 1.90 bits per heavy atom. The summed E-state index contributed by atoms with van der Waals surface area (Å²) in [5.74, 6) is 1.08. The number of amidine groups is 1. The zero-order valence-corrected chi connectivity index (χ0v) is 12.4. The molecule has 0 fully saturated rings. The van der Waals surface area contributed by atoms with E-state index in [0.717, 1.165) is 11.3 Å². The first-order valence-corrected chi connectivity index (χ1v) is 6.77. The number of ether oxygens (including phenoxy) is 1. The second-order valence-corrected chi connectivity index (χ2v) is 4.98. The molecule has 3 nitrogen and oxygen atoms in total. The molecule has 104 valence electrons. The van der Waals surface area contributed by atoms with Gasteiger partial charge in [0, 0.05) is 17.7 Å². The molecule has 0 aliphatic rings. The van der Waals surface area contributed by atoms with Gasteiger partial charge in [-0.1, -0.05) is 41.4 Å². The van der Waals surface area contributed by atoms with Gasteiger partial charge in [-0.25, -0.2) is 0 Å². The van der Waals surface area contributed by atoms with Crippen LogP contribution in [0.2, 0.25) is 10.0 Å². The van der Waals surface area contributed by atoms with E-state index in [2.05, 4.69) is 5.32 Å². The van der Waals surface area contributed by atoms with Crippen LogP contribution in [0, 0.1) is 5.41 Å². The molecule has 0 radical (unpaired) electrons. The SMILES string of the molecule is COc1ccccc1CNC(=N)c1ccc(Cl)c(Cl)c1. The maximum Gasteiger partial charge on any atom is 0.125 e. The fourth-order valence-electron chi connectivity index (χ4n) is 1.79. The third-order valence-corrected chi connectivity index (χ3v) is 3.60. The van der Waals surface area contributed by atoms with Crippen molar-refractivity contribution in [3.05, 3.63) is 63.6 Å².